The standard InChI is InChI=1S/C23H25FO2/c1-15-6-5-11-23(2,3)20(15)10-8-16-7-9-17-13-18(22(25)26-4)14-21(24)19(17)12-16/h7-10,12-14H,5-6,11H2,1-4H3. The van der Waals surface area contributed by atoms with Crippen molar-refractivity contribution in [1.29, 1.82) is 0 Å². The average molecular weight is 352 g/mol. The third-order valence-corrected chi connectivity index (χ3v) is 5.33. The number of hydrogen-bond donors (Lipinski definition) is 0. The van der Waals surface area contributed by atoms with Gasteiger partial charge in [0.1, 0.15) is 5.82 Å². The quantitative estimate of drug-likeness (QED) is 0.605. The lowest BCUT2D eigenvalue weighted by molar-refractivity contribution is 0.0600. The molecule has 0 heterocycles. The van der Waals surface area contributed by atoms with E-state index in [1.54, 1.807) is 6.07 Å². The van der Waals surface area contributed by atoms with Gasteiger partial charge in [-0.2, -0.15) is 0 Å². The van der Waals surface area contributed by atoms with Gasteiger partial charge < -0.3 is 4.74 Å². The Morgan fingerprint density at radius 2 is 1.96 bits per heavy atom. The molecular weight excluding hydrogens is 327 g/mol. The Hall–Kier alpha value is -2.42. The Morgan fingerprint density at radius 3 is 2.65 bits per heavy atom. The van der Waals surface area contributed by atoms with Crippen molar-refractivity contribution in [3.8, 4) is 0 Å². The zero-order chi connectivity index (χ0) is 18.9. The lowest BCUT2D eigenvalue weighted by Gasteiger charge is -2.32. The highest BCUT2D eigenvalue weighted by Gasteiger charge is 2.26. The number of carbonyl (C=O) groups is 1. The van der Waals surface area contributed by atoms with Gasteiger partial charge in [-0.25, -0.2) is 9.18 Å². The van der Waals surface area contributed by atoms with E-state index in [1.165, 1.54) is 37.2 Å². The van der Waals surface area contributed by atoms with Gasteiger partial charge in [-0.3, -0.25) is 0 Å². The normalized spacial score (nSPS) is 17.1. The monoisotopic (exact) mass is 352 g/mol. The van der Waals surface area contributed by atoms with Gasteiger partial charge in [-0.1, -0.05) is 43.7 Å². The van der Waals surface area contributed by atoms with Crippen LogP contribution in [0.15, 0.2) is 47.6 Å². The summed E-state index contributed by atoms with van der Waals surface area (Å²) < 4.78 is 19.1. The van der Waals surface area contributed by atoms with E-state index in [-0.39, 0.29) is 11.0 Å². The van der Waals surface area contributed by atoms with Gasteiger partial charge in [0.25, 0.3) is 0 Å². The van der Waals surface area contributed by atoms with Crippen LogP contribution in [-0.4, -0.2) is 13.1 Å². The molecule has 2 nitrogen and oxygen atoms in total. The minimum atomic E-state index is -0.531. The molecule has 0 unspecified atom stereocenters. The number of carbonyl (C=O) groups excluding carboxylic acids is 1. The number of methoxy groups -OCH3 is 1. The molecule has 2 aromatic rings. The Labute approximate surface area is 154 Å². The minimum Gasteiger partial charge on any atom is -0.465 e. The van der Waals surface area contributed by atoms with Gasteiger partial charge in [0.15, 0.2) is 0 Å². The van der Waals surface area contributed by atoms with Gasteiger partial charge in [-0.05, 0) is 66.3 Å². The smallest absolute Gasteiger partial charge is 0.337 e. The number of benzene rings is 2. The SMILES string of the molecule is COC(=O)c1cc(F)c2cc(C=CC3=C(C)CCCC3(C)C)ccc2c1. The van der Waals surface area contributed by atoms with E-state index in [0.29, 0.717) is 10.8 Å². The molecule has 1 aliphatic carbocycles. The molecule has 0 radical (unpaired) electrons. The number of hydrogen-bond acceptors (Lipinski definition) is 2. The fourth-order valence-electron chi connectivity index (χ4n) is 3.86. The van der Waals surface area contributed by atoms with Crippen molar-refractivity contribution in [3.05, 3.63) is 64.5 Å². The second-order valence-electron chi connectivity index (χ2n) is 7.69. The van der Waals surface area contributed by atoms with Gasteiger partial charge in [0.2, 0.25) is 0 Å². The second-order valence-corrected chi connectivity index (χ2v) is 7.69. The van der Waals surface area contributed by atoms with Crippen LogP contribution in [0.4, 0.5) is 4.39 Å². The van der Waals surface area contributed by atoms with Crippen LogP contribution in [0.1, 0.15) is 56.0 Å². The fourth-order valence-corrected chi connectivity index (χ4v) is 3.86. The van der Waals surface area contributed by atoms with Crippen LogP contribution in [0.2, 0.25) is 0 Å². The first-order chi connectivity index (χ1) is 12.3. The summed E-state index contributed by atoms with van der Waals surface area (Å²) in [7, 11) is 1.29. The molecule has 26 heavy (non-hydrogen) atoms. The highest BCUT2D eigenvalue weighted by Crippen LogP contribution is 2.41. The van der Waals surface area contributed by atoms with E-state index >= 15 is 0 Å². The summed E-state index contributed by atoms with van der Waals surface area (Å²) in [6, 6.07) is 8.52. The van der Waals surface area contributed by atoms with Crippen molar-refractivity contribution in [2.24, 2.45) is 5.41 Å². The van der Waals surface area contributed by atoms with E-state index in [4.69, 9.17) is 0 Å². The molecule has 0 spiro atoms. The molecule has 0 aromatic heterocycles. The van der Waals surface area contributed by atoms with Crippen molar-refractivity contribution in [1.82, 2.24) is 0 Å². The lowest BCUT2D eigenvalue weighted by atomic mass is 9.72. The number of ether oxygens (including phenoxy) is 1. The molecule has 3 rings (SSSR count). The van der Waals surface area contributed by atoms with Crippen molar-refractivity contribution >= 4 is 22.8 Å². The van der Waals surface area contributed by atoms with Gasteiger partial charge in [0.05, 0.1) is 12.7 Å². The Kier molecular flexibility index (Phi) is 4.99. The number of halogens is 1. The predicted octanol–water partition coefficient (Wildman–Crippen LogP) is 6.31. The Bertz CT molecular complexity index is 919. The average Bonchev–Trinajstić information content (AvgIpc) is 2.60. The summed E-state index contributed by atoms with van der Waals surface area (Å²) in [6.45, 7) is 6.77. The first kappa shape index (κ1) is 18.4. The number of fused-ring (bicyclic) bond motifs is 1. The Morgan fingerprint density at radius 1 is 1.19 bits per heavy atom. The maximum atomic E-state index is 14.5. The van der Waals surface area contributed by atoms with Crippen LogP contribution in [0.25, 0.3) is 16.8 Å². The summed E-state index contributed by atoms with van der Waals surface area (Å²) in [5, 5.41) is 1.20. The summed E-state index contributed by atoms with van der Waals surface area (Å²) in [5.41, 5.74) is 4.17. The van der Waals surface area contributed by atoms with E-state index in [9.17, 15) is 9.18 Å². The molecule has 1 aliphatic rings. The van der Waals surface area contributed by atoms with Crippen LogP contribution in [0, 0.1) is 11.2 Å². The zero-order valence-electron chi connectivity index (χ0n) is 15.9. The third kappa shape index (κ3) is 3.57. The van der Waals surface area contributed by atoms with Crippen LogP contribution in [0.5, 0.6) is 0 Å². The van der Waals surface area contributed by atoms with E-state index < -0.39 is 11.8 Å². The summed E-state index contributed by atoms with van der Waals surface area (Å²) in [5.74, 6) is -0.941. The molecule has 0 amide bonds. The highest BCUT2D eigenvalue weighted by molar-refractivity contribution is 5.96. The summed E-state index contributed by atoms with van der Waals surface area (Å²) in [4.78, 5) is 11.6. The second kappa shape index (κ2) is 7.06. The topological polar surface area (TPSA) is 26.3 Å². The maximum Gasteiger partial charge on any atom is 0.337 e. The minimum absolute atomic E-state index is 0.177. The van der Waals surface area contributed by atoms with Gasteiger partial charge >= 0.3 is 5.97 Å². The highest BCUT2D eigenvalue weighted by atomic mass is 19.1. The number of esters is 1. The van der Waals surface area contributed by atoms with E-state index in [1.807, 2.05) is 18.2 Å². The first-order valence-electron chi connectivity index (χ1n) is 9.02. The largest absolute Gasteiger partial charge is 0.465 e. The Balaban J connectivity index is 1.97. The zero-order valence-corrected chi connectivity index (χ0v) is 15.9. The molecule has 136 valence electrons. The molecule has 0 aliphatic heterocycles. The van der Waals surface area contributed by atoms with Crippen molar-refractivity contribution in [3.63, 3.8) is 0 Å². The van der Waals surface area contributed by atoms with E-state index in [2.05, 4.69) is 37.7 Å². The van der Waals surface area contributed by atoms with Gasteiger partial charge in [-0.15, -0.1) is 0 Å². The molecular formula is C23H25FO2. The summed E-state index contributed by atoms with van der Waals surface area (Å²) >= 11 is 0. The van der Waals surface area contributed by atoms with E-state index in [0.717, 1.165) is 12.0 Å². The van der Waals surface area contributed by atoms with Crippen LogP contribution in [0.3, 0.4) is 0 Å². The molecule has 2 aromatic carbocycles. The molecule has 0 N–H and O–H groups in total. The van der Waals surface area contributed by atoms with Gasteiger partial charge in [0, 0.05) is 5.39 Å². The number of allylic oxidation sites excluding steroid dienone is 3. The van der Waals surface area contributed by atoms with Crippen molar-refractivity contribution < 1.29 is 13.9 Å². The molecule has 0 saturated carbocycles. The van der Waals surface area contributed by atoms with Crippen molar-refractivity contribution in [2.45, 2.75) is 40.0 Å². The molecule has 0 bridgehead atoms. The number of rotatable bonds is 3. The van der Waals surface area contributed by atoms with Crippen molar-refractivity contribution in [2.75, 3.05) is 7.11 Å². The molecule has 0 fully saturated rings. The summed E-state index contributed by atoms with van der Waals surface area (Å²) in [6.07, 6.45) is 7.80. The lowest BCUT2D eigenvalue weighted by Crippen LogP contribution is -2.18. The first-order valence-corrected chi connectivity index (χ1v) is 9.02. The third-order valence-electron chi connectivity index (χ3n) is 5.33. The molecule has 0 atom stereocenters. The molecule has 3 heteroatoms. The van der Waals surface area contributed by atoms with Crippen LogP contribution < -0.4 is 0 Å². The maximum absolute atomic E-state index is 14.5. The fraction of sp³-hybridized carbons (Fsp3) is 0.348. The van der Waals surface area contributed by atoms with Crippen LogP contribution in [-0.2, 0) is 4.74 Å². The van der Waals surface area contributed by atoms with Crippen LogP contribution >= 0.6 is 0 Å². The predicted molar refractivity (Wildman–Crippen MR) is 105 cm³/mol. The molecule has 0 saturated heterocycles.